The summed E-state index contributed by atoms with van der Waals surface area (Å²) in [4.78, 5) is 0. The van der Waals surface area contributed by atoms with E-state index in [2.05, 4.69) is 96.2 Å². The van der Waals surface area contributed by atoms with Crippen LogP contribution in [-0.2, 0) is 37.0 Å². The molecule has 0 nitrogen and oxygen atoms in total. The summed E-state index contributed by atoms with van der Waals surface area (Å²) >= 11 is 0. The van der Waals surface area contributed by atoms with Crippen LogP contribution in [-0.4, -0.2) is 11.0 Å². The van der Waals surface area contributed by atoms with Gasteiger partial charge in [0.15, 0.2) is 0 Å². The molecule has 0 spiro atoms. The van der Waals surface area contributed by atoms with Gasteiger partial charge >= 0.3 is 26.2 Å². The van der Waals surface area contributed by atoms with Gasteiger partial charge in [-0.1, -0.05) is 76.9 Å². The van der Waals surface area contributed by atoms with E-state index >= 15 is 0 Å². The summed E-state index contributed by atoms with van der Waals surface area (Å²) in [6, 6.07) is 16.2. The molecule has 1 aliphatic rings. The number of allylic oxidation sites excluding steroid dienone is 4. The quantitative estimate of drug-likeness (QED) is 0.291. The molecule has 0 unspecified atom stereocenters. The Labute approximate surface area is 233 Å². The third-order valence-electron chi connectivity index (χ3n) is 5.02. The second-order valence-electron chi connectivity index (χ2n) is 9.25. The second kappa shape index (κ2) is 15.4. The smallest absolute Gasteiger partial charge is 1.00 e. The molecular formula is C28H36Cl2SiZr-4. The van der Waals surface area contributed by atoms with Crippen LogP contribution in [0.15, 0.2) is 60.7 Å². The Morgan fingerprint density at radius 1 is 0.750 bits per heavy atom. The molecule has 32 heavy (non-hydrogen) atoms. The van der Waals surface area contributed by atoms with Gasteiger partial charge in [-0.05, 0) is 10.8 Å². The van der Waals surface area contributed by atoms with E-state index in [4.69, 9.17) is 0 Å². The van der Waals surface area contributed by atoms with Crippen molar-refractivity contribution >= 4 is 32.5 Å². The number of fused-ring (bicyclic) bond motifs is 3. The van der Waals surface area contributed by atoms with E-state index < -0.39 is 0 Å². The number of hydrogen-bond donors (Lipinski definition) is 0. The van der Waals surface area contributed by atoms with Crippen molar-refractivity contribution in [1.29, 1.82) is 0 Å². The van der Waals surface area contributed by atoms with Crippen molar-refractivity contribution in [3.8, 4) is 0 Å². The Bertz CT molecular complexity index is 908. The van der Waals surface area contributed by atoms with Crippen LogP contribution in [0.3, 0.4) is 0 Å². The molecule has 3 aromatic rings. The molecule has 0 saturated heterocycles. The summed E-state index contributed by atoms with van der Waals surface area (Å²) < 4.78 is 0. The molecule has 0 fully saturated rings. The van der Waals surface area contributed by atoms with Gasteiger partial charge < -0.3 is 39.7 Å². The van der Waals surface area contributed by atoms with Gasteiger partial charge in [-0.15, -0.1) is 46.2 Å². The van der Waals surface area contributed by atoms with Crippen molar-refractivity contribution < 1.29 is 51.0 Å². The van der Waals surface area contributed by atoms with Gasteiger partial charge in [-0.3, -0.25) is 6.08 Å². The van der Waals surface area contributed by atoms with Crippen LogP contribution in [0.5, 0.6) is 0 Å². The fourth-order valence-electron chi connectivity index (χ4n) is 3.30. The van der Waals surface area contributed by atoms with Crippen LogP contribution in [0.25, 0.3) is 21.5 Å². The SMILES string of the molecule is CC(C)(C)c1ccc2c(c1)[cH-]c1cc(C(C)(C)C)ccc12.[C-]1=CC=CC1.[CH3-].[CH3-].[Cl-].[Cl-].[Si].[Zr+2]. The van der Waals surface area contributed by atoms with E-state index in [1.165, 1.54) is 32.7 Å². The van der Waals surface area contributed by atoms with Crippen molar-refractivity contribution in [2.24, 2.45) is 0 Å². The fourth-order valence-corrected chi connectivity index (χ4v) is 3.30. The number of halogens is 2. The van der Waals surface area contributed by atoms with Crippen LogP contribution in [0.4, 0.5) is 0 Å². The van der Waals surface area contributed by atoms with Crippen molar-refractivity contribution in [2.45, 2.75) is 58.8 Å². The molecular weight excluding hydrogens is 527 g/mol. The Hall–Kier alpha value is -0.530. The summed E-state index contributed by atoms with van der Waals surface area (Å²) in [7, 11) is 0. The Morgan fingerprint density at radius 3 is 1.41 bits per heavy atom. The topological polar surface area (TPSA) is 0 Å². The minimum absolute atomic E-state index is 0. The number of hydrogen-bond acceptors (Lipinski definition) is 0. The van der Waals surface area contributed by atoms with Crippen molar-refractivity contribution in [3.63, 3.8) is 0 Å². The molecule has 0 atom stereocenters. The molecule has 0 saturated carbocycles. The first-order valence-corrected chi connectivity index (χ1v) is 9.52. The fraction of sp³-hybridized carbons (Fsp3) is 0.321. The zero-order valence-electron chi connectivity index (χ0n) is 20.7. The summed E-state index contributed by atoms with van der Waals surface area (Å²) in [5, 5.41) is 5.48. The molecule has 3 aromatic carbocycles. The van der Waals surface area contributed by atoms with Gasteiger partial charge in [0.05, 0.1) is 0 Å². The number of benzene rings is 2. The zero-order chi connectivity index (χ0) is 18.9. The molecule has 0 heterocycles. The molecule has 0 bridgehead atoms. The second-order valence-corrected chi connectivity index (χ2v) is 9.25. The molecule has 0 aromatic heterocycles. The van der Waals surface area contributed by atoms with Gasteiger partial charge in [0.2, 0.25) is 0 Å². The van der Waals surface area contributed by atoms with Crippen molar-refractivity contribution in [3.05, 3.63) is 92.7 Å². The molecule has 0 N–H and O–H groups in total. The molecule has 0 amide bonds. The predicted octanol–water partition coefficient (Wildman–Crippen LogP) is 2.14. The van der Waals surface area contributed by atoms with Crippen LogP contribution < -0.4 is 24.8 Å². The molecule has 4 heteroatoms. The van der Waals surface area contributed by atoms with Gasteiger partial charge in [0.25, 0.3) is 0 Å². The Balaban J connectivity index is -0.000000319. The Morgan fingerprint density at radius 2 is 1.16 bits per heavy atom. The van der Waals surface area contributed by atoms with E-state index in [9.17, 15) is 0 Å². The Kier molecular flexibility index (Phi) is 18.6. The maximum Gasteiger partial charge on any atom is 2.00 e. The van der Waals surface area contributed by atoms with Crippen LogP contribution >= 0.6 is 0 Å². The van der Waals surface area contributed by atoms with Gasteiger partial charge in [0, 0.05) is 11.0 Å². The minimum Gasteiger partial charge on any atom is -1.00 e. The first-order valence-electron chi connectivity index (χ1n) is 9.52. The largest absolute Gasteiger partial charge is 2.00 e. The zero-order valence-corrected chi connectivity index (χ0v) is 25.7. The minimum atomic E-state index is 0. The molecule has 0 aliphatic heterocycles. The first kappa shape index (κ1) is 38.7. The summed E-state index contributed by atoms with van der Waals surface area (Å²) in [5.41, 5.74) is 3.21. The third-order valence-corrected chi connectivity index (χ3v) is 5.02. The van der Waals surface area contributed by atoms with E-state index in [0.29, 0.717) is 0 Å². The van der Waals surface area contributed by atoms with E-state index in [1.807, 2.05) is 12.2 Å². The van der Waals surface area contributed by atoms with Gasteiger partial charge in [-0.2, -0.15) is 6.08 Å². The van der Waals surface area contributed by atoms with Crippen LogP contribution in [0.2, 0.25) is 0 Å². The standard InChI is InChI=1S/C21H25.C5H5.2CH3.2ClH.Si.Zr/c1-20(2,3)16-7-9-18-14(12-16)11-15-13-17(21(4,5)6)8-10-19(15)18;1-2-4-5-3-1;;;;;;/h7-13H,1-6H3;1-3H,4H2;2*1H3;2*1H;;/q4*-1;;;;+2/p-2. The average Bonchev–Trinajstić information content (AvgIpc) is 3.23. The average molecular weight is 563 g/mol. The van der Waals surface area contributed by atoms with Gasteiger partial charge in [0.1, 0.15) is 0 Å². The maximum absolute atomic E-state index is 2.99. The van der Waals surface area contributed by atoms with Crippen LogP contribution in [0, 0.1) is 20.9 Å². The maximum atomic E-state index is 2.99. The summed E-state index contributed by atoms with van der Waals surface area (Å²) in [6.07, 6.45) is 10.0. The monoisotopic (exact) mass is 560 g/mol. The van der Waals surface area contributed by atoms with Crippen molar-refractivity contribution in [1.82, 2.24) is 0 Å². The van der Waals surface area contributed by atoms with Crippen molar-refractivity contribution in [2.75, 3.05) is 0 Å². The predicted molar refractivity (Wildman–Crippen MR) is 135 cm³/mol. The third kappa shape index (κ3) is 9.38. The molecule has 1 aliphatic carbocycles. The number of rotatable bonds is 0. The van der Waals surface area contributed by atoms with E-state index in [1.54, 1.807) is 0 Å². The first-order chi connectivity index (χ1) is 12.2. The summed E-state index contributed by atoms with van der Waals surface area (Å²) in [5.74, 6) is 0. The van der Waals surface area contributed by atoms with E-state index in [-0.39, 0.29) is 87.7 Å². The van der Waals surface area contributed by atoms with Crippen LogP contribution in [0.1, 0.15) is 59.1 Å². The van der Waals surface area contributed by atoms with E-state index in [0.717, 1.165) is 6.42 Å². The normalized spacial score (nSPS) is 11.4. The molecule has 4 radical (unpaired) electrons. The molecule has 174 valence electrons. The summed E-state index contributed by atoms with van der Waals surface area (Å²) in [6.45, 7) is 13.6. The molecule has 4 rings (SSSR count). The van der Waals surface area contributed by atoms with Gasteiger partial charge in [-0.25, -0.2) is 12.2 Å².